The Labute approximate surface area is 84.7 Å². The molecule has 0 unspecified atom stereocenters. The van der Waals surface area contributed by atoms with E-state index < -0.39 is 0 Å². The SMILES string of the molecule is C/C=C/COc1cccc2c1C=CC2. The van der Waals surface area contributed by atoms with Gasteiger partial charge in [0.05, 0.1) is 0 Å². The molecule has 0 aromatic heterocycles. The number of ether oxygens (including phenoxy) is 1. The summed E-state index contributed by atoms with van der Waals surface area (Å²) >= 11 is 0. The van der Waals surface area contributed by atoms with Gasteiger partial charge in [-0.25, -0.2) is 0 Å². The van der Waals surface area contributed by atoms with E-state index in [4.69, 9.17) is 4.74 Å². The van der Waals surface area contributed by atoms with Gasteiger partial charge in [-0.1, -0.05) is 36.4 Å². The maximum atomic E-state index is 5.65. The van der Waals surface area contributed by atoms with E-state index in [0.717, 1.165) is 12.2 Å². The normalized spacial score (nSPS) is 13.5. The molecule has 2 rings (SSSR count). The average molecular weight is 186 g/mol. The molecule has 1 aliphatic rings. The van der Waals surface area contributed by atoms with Crippen LogP contribution < -0.4 is 4.74 Å². The van der Waals surface area contributed by atoms with Gasteiger partial charge in [0.2, 0.25) is 0 Å². The largest absolute Gasteiger partial charge is 0.489 e. The second kappa shape index (κ2) is 4.14. The van der Waals surface area contributed by atoms with Crippen molar-refractivity contribution in [1.82, 2.24) is 0 Å². The van der Waals surface area contributed by atoms with E-state index in [1.54, 1.807) is 0 Å². The number of rotatable bonds is 3. The van der Waals surface area contributed by atoms with Crippen molar-refractivity contribution in [2.45, 2.75) is 13.3 Å². The summed E-state index contributed by atoms with van der Waals surface area (Å²) in [5.41, 5.74) is 2.61. The molecular weight excluding hydrogens is 172 g/mol. The zero-order valence-electron chi connectivity index (χ0n) is 8.36. The number of hydrogen-bond donors (Lipinski definition) is 0. The third-order valence-corrected chi connectivity index (χ3v) is 2.35. The Bertz CT molecular complexity index is 375. The van der Waals surface area contributed by atoms with Crippen molar-refractivity contribution < 1.29 is 4.74 Å². The van der Waals surface area contributed by atoms with Crippen molar-refractivity contribution in [3.8, 4) is 5.75 Å². The van der Waals surface area contributed by atoms with Gasteiger partial charge in [0.1, 0.15) is 12.4 Å². The van der Waals surface area contributed by atoms with Gasteiger partial charge >= 0.3 is 0 Å². The molecule has 1 aromatic rings. The zero-order chi connectivity index (χ0) is 9.80. The van der Waals surface area contributed by atoms with Crippen LogP contribution in [0.1, 0.15) is 18.1 Å². The minimum atomic E-state index is 0.654. The van der Waals surface area contributed by atoms with Crippen molar-refractivity contribution in [3.63, 3.8) is 0 Å². The Morgan fingerprint density at radius 3 is 3.21 bits per heavy atom. The third kappa shape index (κ3) is 1.72. The predicted octanol–water partition coefficient (Wildman–Crippen LogP) is 3.21. The fraction of sp³-hybridized carbons (Fsp3) is 0.231. The maximum Gasteiger partial charge on any atom is 0.127 e. The number of allylic oxidation sites excluding steroid dienone is 2. The molecule has 0 atom stereocenters. The molecule has 0 radical (unpaired) electrons. The van der Waals surface area contributed by atoms with E-state index >= 15 is 0 Å². The highest BCUT2D eigenvalue weighted by Crippen LogP contribution is 2.28. The highest BCUT2D eigenvalue weighted by atomic mass is 16.5. The Balaban J connectivity index is 2.17. The van der Waals surface area contributed by atoms with Gasteiger partial charge in [0, 0.05) is 5.56 Å². The van der Waals surface area contributed by atoms with Crippen molar-refractivity contribution in [3.05, 3.63) is 47.6 Å². The first-order valence-corrected chi connectivity index (χ1v) is 4.94. The summed E-state index contributed by atoms with van der Waals surface area (Å²) in [5, 5.41) is 0. The Hall–Kier alpha value is -1.50. The molecular formula is C13H14O. The minimum Gasteiger partial charge on any atom is -0.489 e. The van der Waals surface area contributed by atoms with Gasteiger partial charge < -0.3 is 4.74 Å². The van der Waals surface area contributed by atoms with Gasteiger partial charge in [-0.2, -0.15) is 0 Å². The van der Waals surface area contributed by atoms with Crippen LogP contribution in [0.25, 0.3) is 6.08 Å². The molecule has 14 heavy (non-hydrogen) atoms. The molecule has 0 saturated heterocycles. The van der Waals surface area contributed by atoms with Crippen LogP contribution in [0.5, 0.6) is 5.75 Å². The zero-order valence-corrected chi connectivity index (χ0v) is 8.36. The molecule has 72 valence electrons. The fourth-order valence-electron chi connectivity index (χ4n) is 1.62. The van der Waals surface area contributed by atoms with Crippen LogP contribution in [-0.2, 0) is 6.42 Å². The lowest BCUT2D eigenvalue weighted by Crippen LogP contribution is -1.96. The van der Waals surface area contributed by atoms with Gasteiger partial charge in [-0.15, -0.1) is 0 Å². The lowest BCUT2D eigenvalue weighted by Gasteiger charge is -2.07. The smallest absolute Gasteiger partial charge is 0.127 e. The van der Waals surface area contributed by atoms with Crippen molar-refractivity contribution in [1.29, 1.82) is 0 Å². The molecule has 0 spiro atoms. The van der Waals surface area contributed by atoms with Crippen molar-refractivity contribution in [2.75, 3.05) is 6.61 Å². The minimum absolute atomic E-state index is 0.654. The second-order valence-corrected chi connectivity index (χ2v) is 3.32. The van der Waals surface area contributed by atoms with Crippen molar-refractivity contribution in [2.24, 2.45) is 0 Å². The lowest BCUT2D eigenvalue weighted by molar-refractivity contribution is 0.362. The maximum absolute atomic E-state index is 5.65. The van der Waals surface area contributed by atoms with Crippen LogP contribution in [0.3, 0.4) is 0 Å². The van der Waals surface area contributed by atoms with Crippen LogP contribution >= 0.6 is 0 Å². The van der Waals surface area contributed by atoms with Crippen LogP contribution in [0.4, 0.5) is 0 Å². The Morgan fingerprint density at radius 1 is 1.43 bits per heavy atom. The molecule has 0 bridgehead atoms. The Morgan fingerprint density at radius 2 is 2.36 bits per heavy atom. The standard InChI is InChI=1S/C13H14O/c1-2-3-10-14-13-9-5-7-11-6-4-8-12(11)13/h2-5,7-9H,6,10H2,1H3/b3-2+. The van der Waals surface area contributed by atoms with E-state index in [1.165, 1.54) is 11.1 Å². The highest BCUT2D eigenvalue weighted by molar-refractivity contribution is 5.66. The quantitative estimate of drug-likeness (QED) is 0.659. The van der Waals surface area contributed by atoms with E-state index in [1.807, 2.05) is 25.1 Å². The van der Waals surface area contributed by atoms with Crippen molar-refractivity contribution >= 4 is 6.08 Å². The van der Waals surface area contributed by atoms with Gasteiger partial charge in [-0.05, 0) is 25.0 Å². The first-order chi connectivity index (χ1) is 6.92. The number of hydrogen-bond acceptors (Lipinski definition) is 1. The number of benzene rings is 1. The fourth-order valence-corrected chi connectivity index (χ4v) is 1.62. The Kier molecular flexibility index (Phi) is 2.68. The molecule has 0 amide bonds. The van der Waals surface area contributed by atoms with E-state index in [-0.39, 0.29) is 0 Å². The topological polar surface area (TPSA) is 9.23 Å². The summed E-state index contributed by atoms with van der Waals surface area (Å²) in [7, 11) is 0. The second-order valence-electron chi connectivity index (χ2n) is 3.32. The van der Waals surface area contributed by atoms with E-state index in [9.17, 15) is 0 Å². The van der Waals surface area contributed by atoms with Gasteiger partial charge in [0.25, 0.3) is 0 Å². The lowest BCUT2D eigenvalue weighted by atomic mass is 10.1. The summed E-state index contributed by atoms with van der Waals surface area (Å²) in [4.78, 5) is 0. The van der Waals surface area contributed by atoms with Crippen LogP contribution in [0.2, 0.25) is 0 Å². The van der Waals surface area contributed by atoms with E-state index in [0.29, 0.717) is 6.61 Å². The molecule has 1 aliphatic carbocycles. The summed E-state index contributed by atoms with van der Waals surface area (Å²) in [6.07, 6.45) is 9.36. The first-order valence-electron chi connectivity index (χ1n) is 4.94. The molecule has 1 aromatic carbocycles. The molecule has 0 N–H and O–H groups in total. The third-order valence-electron chi connectivity index (χ3n) is 2.35. The average Bonchev–Trinajstić information content (AvgIpc) is 2.67. The molecule has 0 heterocycles. The van der Waals surface area contributed by atoms with Crippen LogP contribution in [-0.4, -0.2) is 6.61 Å². The summed E-state index contributed by atoms with van der Waals surface area (Å²) in [6.45, 7) is 2.65. The van der Waals surface area contributed by atoms with Crippen LogP contribution in [0.15, 0.2) is 36.4 Å². The molecule has 1 nitrogen and oxygen atoms in total. The van der Waals surface area contributed by atoms with E-state index in [2.05, 4.69) is 24.3 Å². The molecule has 1 heteroatoms. The molecule has 0 fully saturated rings. The predicted molar refractivity (Wildman–Crippen MR) is 59.5 cm³/mol. The first kappa shape index (κ1) is 9.07. The van der Waals surface area contributed by atoms with Gasteiger partial charge in [0.15, 0.2) is 0 Å². The molecule has 0 aliphatic heterocycles. The highest BCUT2D eigenvalue weighted by Gasteiger charge is 2.09. The number of fused-ring (bicyclic) bond motifs is 1. The molecule has 0 saturated carbocycles. The van der Waals surface area contributed by atoms with Gasteiger partial charge in [-0.3, -0.25) is 0 Å². The summed E-state index contributed by atoms with van der Waals surface area (Å²) < 4.78 is 5.65. The monoisotopic (exact) mass is 186 g/mol. The van der Waals surface area contributed by atoms with Crippen LogP contribution in [0, 0.1) is 0 Å². The summed E-state index contributed by atoms with van der Waals surface area (Å²) in [6, 6.07) is 6.23. The summed E-state index contributed by atoms with van der Waals surface area (Å²) in [5.74, 6) is 0.995.